The molecule has 1 N–H and O–H groups in total. The first-order valence-electron chi connectivity index (χ1n) is 10.4. The summed E-state index contributed by atoms with van der Waals surface area (Å²) in [5.41, 5.74) is 2.26. The number of halogens is 1. The van der Waals surface area contributed by atoms with E-state index in [1.165, 1.54) is 0 Å². The van der Waals surface area contributed by atoms with Gasteiger partial charge in [0.05, 0.1) is 6.54 Å². The zero-order chi connectivity index (χ0) is 22.5. The van der Waals surface area contributed by atoms with Crippen molar-refractivity contribution in [2.24, 2.45) is 0 Å². The second-order valence-corrected chi connectivity index (χ2v) is 9.69. The van der Waals surface area contributed by atoms with Crippen LogP contribution < -0.4 is 10.2 Å². The van der Waals surface area contributed by atoms with Crippen molar-refractivity contribution in [1.29, 1.82) is 0 Å². The molecule has 2 aromatic heterocycles. The Morgan fingerprint density at radius 3 is 2.56 bits per heavy atom. The largest absolute Gasteiger partial charge is 0.350 e. The van der Waals surface area contributed by atoms with Gasteiger partial charge in [0.2, 0.25) is 5.91 Å². The van der Waals surface area contributed by atoms with Crippen LogP contribution in [0.15, 0.2) is 66.0 Å². The Labute approximate surface area is 195 Å². The van der Waals surface area contributed by atoms with E-state index in [9.17, 15) is 9.59 Å². The van der Waals surface area contributed by atoms with Crippen molar-refractivity contribution in [1.82, 2.24) is 9.88 Å². The molecule has 2 amide bonds. The number of rotatable bonds is 4. The normalized spacial score (nSPS) is 18.1. The van der Waals surface area contributed by atoms with Crippen LogP contribution in [0.4, 0.5) is 5.69 Å². The molecule has 0 aliphatic carbocycles. The lowest BCUT2D eigenvalue weighted by Gasteiger charge is -2.44. The van der Waals surface area contributed by atoms with E-state index in [-0.39, 0.29) is 11.8 Å². The minimum Gasteiger partial charge on any atom is -0.350 e. The molecular formula is C25H22ClN3O2S. The SMILES string of the molecule is Cc1ccc(N2C(=O)c3cc4ccsc4n3C[C@@]2(C)C(=O)NCc2ccc(Cl)cc2)cc1. The Hall–Kier alpha value is -3.09. The van der Waals surface area contributed by atoms with Crippen LogP contribution in [0.2, 0.25) is 5.02 Å². The van der Waals surface area contributed by atoms with Crippen LogP contribution in [-0.2, 0) is 17.9 Å². The number of nitrogens with one attached hydrogen (secondary N) is 1. The van der Waals surface area contributed by atoms with Gasteiger partial charge in [-0.25, -0.2) is 0 Å². The van der Waals surface area contributed by atoms with Gasteiger partial charge < -0.3 is 9.88 Å². The molecule has 0 spiro atoms. The molecule has 0 saturated carbocycles. The van der Waals surface area contributed by atoms with Gasteiger partial charge in [-0.1, -0.05) is 41.4 Å². The van der Waals surface area contributed by atoms with Crippen molar-refractivity contribution < 1.29 is 9.59 Å². The molecule has 4 aromatic rings. The smallest absolute Gasteiger partial charge is 0.275 e. The first-order chi connectivity index (χ1) is 15.4. The van der Waals surface area contributed by atoms with Crippen LogP contribution in [-0.4, -0.2) is 21.9 Å². The molecule has 7 heteroatoms. The molecular weight excluding hydrogens is 442 g/mol. The summed E-state index contributed by atoms with van der Waals surface area (Å²) < 4.78 is 1.98. The molecule has 0 bridgehead atoms. The Morgan fingerprint density at radius 2 is 1.84 bits per heavy atom. The van der Waals surface area contributed by atoms with E-state index in [0.717, 1.165) is 21.3 Å². The highest BCUT2D eigenvalue weighted by molar-refractivity contribution is 7.16. The Bertz CT molecular complexity index is 1320. The molecule has 0 unspecified atom stereocenters. The van der Waals surface area contributed by atoms with Gasteiger partial charge in [0.25, 0.3) is 5.91 Å². The Balaban J connectivity index is 1.55. The third kappa shape index (κ3) is 3.40. The Morgan fingerprint density at radius 1 is 1.12 bits per heavy atom. The van der Waals surface area contributed by atoms with E-state index in [4.69, 9.17) is 11.6 Å². The summed E-state index contributed by atoms with van der Waals surface area (Å²) in [5.74, 6) is -0.377. The van der Waals surface area contributed by atoms with Crippen molar-refractivity contribution in [3.63, 3.8) is 0 Å². The number of carbonyl (C=O) groups is 2. The molecule has 5 rings (SSSR count). The summed E-state index contributed by atoms with van der Waals surface area (Å²) in [6.45, 7) is 4.57. The van der Waals surface area contributed by atoms with Crippen molar-refractivity contribution in [2.75, 3.05) is 4.90 Å². The van der Waals surface area contributed by atoms with E-state index in [1.807, 2.05) is 72.3 Å². The Kier molecular flexibility index (Phi) is 5.07. The summed E-state index contributed by atoms with van der Waals surface area (Å²) in [6, 6.07) is 19.0. The molecule has 32 heavy (non-hydrogen) atoms. The molecule has 1 aliphatic heterocycles. The standard InChI is InChI=1S/C25H22ClN3O2S/c1-16-3-9-20(10-4-16)29-22(30)21-13-18-11-12-32-23(18)28(21)15-25(29,2)24(31)27-14-17-5-7-19(26)8-6-17/h3-13H,14-15H2,1-2H3,(H,27,31)/t25-/m0/s1. The molecule has 1 atom stereocenters. The average Bonchev–Trinajstić information content (AvgIpc) is 3.37. The first kappa shape index (κ1) is 20.8. The van der Waals surface area contributed by atoms with Crippen LogP contribution in [0.25, 0.3) is 10.2 Å². The van der Waals surface area contributed by atoms with Gasteiger partial charge in [-0.2, -0.15) is 0 Å². The van der Waals surface area contributed by atoms with Crippen LogP contribution in [0, 0.1) is 6.92 Å². The van der Waals surface area contributed by atoms with E-state index in [0.29, 0.717) is 29.5 Å². The fourth-order valence-electron chi connectivity index (χ4n) is 4.27. The van der Waals surface area contributed by atoms with Crippen molar-refractivity contribution in [3.8, 4) is 0 Å². The highest BCUT2D eigenvalue weighted by atomic mass is 35.5. The molecule has 162 valence electrons. The molecule has 1 aliphatic rings. The predicted octanol–water partition coefficient (Wildman–Crippen LogP) is 5.40. The van der Waals surface area contributed by atoms with E-state index in [2.05, 4.69) is 5.32 Å². The molecule has 0 fully saturated rings. The van der Waals surface area contributed by atoms with Crippen LogP contribution in [0.5, 0.6) is 0 Å². The quantitative estimate of drug-likeness (QED) is 0.440. The van der Waals surface area contributed by atoms with Crippen molar-refractivity contribution in [2.45, 2.75) is 32.5 Å². The van der Waals surface area contributed by atoms with Gasteiger partial charge in [-0.15, -0.1) is 11.3 Å². The number of carbonyl (C=O) groups excluding carboxylic acids is 2. The maximum Gasteiger partial charge on any atom is 0.275 e. The third-order valence-corrected chi connectivity index (χ3v) is 7.24. The number of aromatic nitrogens is 1. The molecule has 3 heterocycles. The topological polar surface area (TPSA) is 54.3 Å². The minimum atomic E-state index is -1.10. The highest BCUT2D eigenvalue weighted by Gasteiger charge is 2.48. The summed E-state index contributed by atoms with van der Waals surface area (Å²) in [4.78, 5) is 30.0. The number of fused-ring (bicyclic) bond motifs is 3. The van der Waals surface area contributed by atoms with Gasteiger partial charge in [0, 0.05) is 22.6 Å². The monoisotopic (exact) mass is 463 g/mol. The zero-order valence-corrected chi connectivity index (χ0v) is 19.3. The molecule has 0 radical (unpaired) electrons. The van der Waals surface area contributed by atoms with Crippen LogP contribution in [0.3, 0.4) is 0 Å². The number of benzene rings is 2. The maximum absolute atomic E-state index is 13.7. The van der Waals surface area contributed by atoms with E-state index in [1.54, 1.807) is 28.4 Å². The predicted molar refractivity (Wildman–Crippen MR) is 130 cm³/mol. The number of nitrogens with zero attached hydrogens (tertiary/aromatic N) is 2. The van der Waals surface area contributed by atoms with E-state index < -0.39 is 5.54 Å². The first-order valence-corrected chi connectivity index (χ1v) is 11.6. The lowest BCUT2D eigenvalue weighted by Crippen LogP contribution is -2.64. The number of amides is 2. The molecule has 5 nitrogen and oxygen atoms in total. The number of aryl methyl sites for hydroxylation is 1. The number of anilines is 1. The van der Waals surface area contributed by atoms with Gasteiger partial charge >= 0.3 is 0 Å². The number of thiophene rings is 1. The number of hydrogen-bond acceptors (Lipinski definition) is 3. The van der Waals surface area contributed by atoms with Crippen molar-refractivity contribution >= 4 is 50.7 Å². The van der Waals surface area contributed by atoms with E-state index >= 15 is 0 Å². The zero-order valence-electron chi connectivity index (χ0n) is 17.8. The van der Waals surface area contributed by atoms with Crippen molar-refractivity contribution in [3.05, 3.63) is 87.9 Å². The maximum atomic E-state index is 13.7. The lowest BCUT2D eigenvalue weighted by molar-refractivity contribution is -0.126. The summed E-state index contributed by atoms with van der Waals surface area (Å²) >= 11 is 7.56. The van der Waals surface area contributed by atoms with Crippen LogP contribution >= 0.6 is 22.9 Å². The second kappa shape index (κ2) is 7.80. The number of hydrogen-bond donors (Lipinski definition) is 1. The van der Waals surface area contributed by atoms with Gasteiger partial charge in [0.15, 0.2) is 0 Å². The lowest BCUT2D eigenvalue weighted by atomic mass is 9.93. The van der Waals surface area contributed by atoms with Gasteiger partial charge in [-0.05, 0) is 61.2 Å². The van der Waals surface area contributed by atoms with Crippen LogP contribution in [0.1, 0.15) is 28.5 Å². The second-order valence-electron chi connectivity index (χ2n) is 8.36. The summed E-state index contributed by atoms with van der Waals surface area (Å²) in [6.07, 6.45) is 0. The fourth-order valence-corrected chi connectivity index (χ4v) is 5.29. The molecule has 2 aromatic carbocycles. The average molecular weight is 464 g/mol. The summed E-state index contributed by atoms with van der Waals surface area (Å²) in [5, 5.41) is 6.72. The fraction of sp³-hybridized carbons (Fsp3) is 0.200. The summed E-state index contributed by atoms with van der Waals surface area (Å²) in [7, 11) is 0. The minimum absolute atomic E-state index is 0.173. The molecule has 0 saturated heterocycles. The van der Waals surface area contributed by atoms with Gasteiger partial charge in [-0.3, -0.25) is 14.5 Å². The van der Waals surface area contributed by atoms with Gasteiger partial charge in [0.1, 0.15) is 16.1 Å². The third-order valence-electron chi connectivity index (χ3n) is 6.03. The highest BCUT2D eigenvalue weighted by Crippen LogP contribution is 2.37.